The molecule has 0 aliphatic carbocycles. The Morgan fingerprint density at radius 1 is 0.925 bits per heavy atom. The van der Waals surface area contributed by atoms with Crippen LogP contribution in [0, 0.1) is 0 Å². The molecule has 1 fully saturated rings. The molecule has 12 heteroatoms. The molecule has 0 spiro atoms. The normalized spacial score (nSPS) is 14.1. The van der Waals surface area contributed by atoms with Gasteiger partial charge in [0.15, 0.2) is 17.0 Å². The maximum Gasteiger partial charge on any atom is 0.253 e. The standard InChI is InChI=1S/C28H21Cl4N7O/c29-17-3-5-20(21(31)12-17)25-37-24-26(34-15-35-27(24)39(25)23-6-4-18(30)13-22(23)32)38-10-7-19(8-11-38)36-28(40)16-2-1-9-33-14-16/h1-6,9,12-15,19H,7-8,10-11H2,(H,36,40). The number of aromatic nitrogens is 5. The molecule has 202 valence electrons. The molecular formula is C28H21Cl4N7O. The van der Waals surface area contributed by atoms with Crippen LogP contribution in [0.5, 0.6) is 0 Å². The second kappa shape index (κ2) is 11.2. The van der Waals surface area contributed by atoms with Crippen LogP contribution in [-0.2, 0) is 0 Å². The Balaban J connectivity index is 1.36. The molecule has 0 saturated carbocycles. The van der Waals surface area contributed by atoms with E-state index in [0.29, 0.717) is 72.8 Å². The third-order valence-electron chi connectivity index (χ3n) is 6.80. The summed E-state index contributed by atoms with van der Waals surface area (Å²) in [6.07, 6.45) is 6.22. The van der Waals surface area contributed by atoms with Gasteiger partial charge in [0, 0.05) is 47.1 Å². The van der Waals surface area contributed by atoms with Crippen molar-refractivity contribution in [1.82, 2.24) is 29.8 Å². The molecule has 0 atom stereocenters. The lowest BCUT2D eigenvalue weighted by molar-refractivity contribution is 0.0930. The van der Waals surface area contributed by atoms with Crippen molar-refractivity contribution in [1.29, 1.82) is 0 Å². The smallest absolute Gasteiger partial charge is 0.253 e. The van der Waals surface area contributed by atoms with Crippen molar-refractivity contribution in [3.05, 3.63) is 92.9 Å². The fourth-order valence-electron chi connectivity index (χ4n) is 4.86. The van der Waals surface area contributed by atoms with Gasteiger partial charge in [0.05, 0.1) is 21.3 Å². The van der Waals surface area contributed by atoms with Crippen LogP contribution in [0.4, 0.5) is 5.82 Å². The summed E-state index contributed by atoms with van der Waals surface area (Å²) in [4.78, 5) is 33.0. The van der Waals surface area contributed by atoms with Crippen molar-refractivity contribution >= 4 is 69.3 Å². The van der Waals surface area contributed by atoms with E-state index in [1.54, 1.807) is 48.8 Å². The van der Waals surface area contributed by atoms with Gasteiger partial charge < -0.3 is 10.2 Å². The molecule has 40 heavy (non-hydrogen) atoms. The van der Waals surface area contributed by atoms with Gasteiger partial charge in [-0.3, -0.25) is 14.3 Å². The second-order valence-corrected chi connectivity index (χ2v) is 11.0. The van der Waals surface area contributed by atoms with E-state index < -0.39 is 0 Å². The minimum Gasteiger partial charge on any atom is -0.355 e. The average Bonchev–Trinajstić information content (AvgIpc) is 3.33. The van der Waals surface area contributed by atoms with E-state index in [9.17, 15) is 4.79 Å². The highest BCUT2D eigenvalue weighted by Crippen LogP contribution is 2.38. The number of benzene rings is 2. The highest BCUT2D eigenvalue weighted by molar-refractivity contribution is 6.37. The van der Waals surface area contributed by atoms with Crippen molar-refractivity contribution in [2.75, 3.05) is 18.0 Å². The lowest BCUT2D eigenvalue weighted by atomic mass is 10.0. The zero-order chi connectivity index (χ0) is 27.8. The molecule has 0 unspecified atom stereocenters. The summed E-state index contributed by atoms with van der Waals surface area (Å²) in [7, 11) is 0. The van der Waals surface area contributed by atoms with Gasteiger partial charge in [-0.1, -0.05) is 46.4 Å². The van der Waals surface area contributed by atoms with Crippen molar-refractivity contribution in [3.8, 4) is 17.1 Å². The molecule has 1 saturated heterocycles. The highest BCUT2D eigenvalue weighted by Gasteiger charge is 2.27. The topological polar surface area (TPSA) is 88.8 Å². The molecule has 1 aliphatic heterocycles. The Hall–Kier alpha value is -3.43. The van der Waals surface area contributed by atoms with E-state index >= 15 is 0 Å². The number of carbonyl (C=O) groups is 1. The van der Waals surface area contributed by atoms with Crippen molar-refractivity contribution in [2.45, 2.75) is 18.9 Å². The number of nitrogens with zero attached hydrogens (tertiary/aromatic N) is 6. The molecule has 2 aromatic carbocycles. The molecular weight excluding hydrogens is 592 g/mol. The van der Waals surface area contributed by atoms with E-state index in [0.717, 1.165) is 12.8 Å². The first-order chi connectivity index (χ1) is 19.4. The van der Waals surface area contributed by atoms with Gasteiger partial charge in [-0.05, 0) is 61.4 Å². The van der Waals surface area contributed by atoms with Crippen molar-refractivity contribution < 1.29 is 4.79 Å². The van der Waals surface area contributed by atoms with Crippen LogP contribution in [0.2, 0.25) is 20.1 Å². The first kappa shape index (κ1) is 26.8. The maximum absolute atomic E-state index is 12.6. The first-order valence-corrected chi connectivity index (χ1v) is 14.0. The van der Waals surface area contributed by atoms with Crippen LogP contribution < -0.4 is 10.2 Å². The first-order valence-electron chi connectivity index (χ1n) is 12.5. The summed E-state index contributed by atoms with van der Waals surface area (Å²) in [5.41, 5.74) is 3.03. The number of imidazole rings is 1. The molecule has 6 rings (SSSR count). The SMILES string of the molecule is O=C(NC1CCN(c2ncnc3c2nc(-c2ccc(Cl)cc2Cl)n3-c2ccc(Cl)cc2Cl)CC1)c1cccnc1. The molecule has 8 nitrogen and oxygen atoms in total. The highest BCUT2D eigenvalue weighted by atomic mass is 35.5. The number of halogens is 4. The summed E-state index contributed by atoms with van der Waals surface area (Å²) in [6.45, 7) is 1.35. The number of anilines is 1. The molecule has 3 aromatic heterocycles. The molecule has 1 aliphatic rings. The summed E-state index contributed by atoms with van der Waals surface area (Å²) < 4.78 is 1.86. The predicted octanol–water partition coefficient (Wildman–Crippen LogP) is 6.89. The number of pyridine rings is 1. The summed E-state index contributed by atoms with van der Waals surface area (Å²) in [5, 5.41) is 5.01. The van der Waals surface area contributed by atoms with E-state index in [4.69, 9.17) is 51.4 Å². The predicted molar refractivity (Wildman–Crippen MR) is 159 cm³/mol. The Labute approximate surface area is 249 Å². The third kappa shape index (κ3) is 5.20. The number of rotatable bonds is 5. The average molecular weight is 613 g/mol. The zero-order valence-corrected chi connectivity index (χ0v) is 23.9. The minimum atomic E-state index is -0.126. The number of hydrogen-bond donors (Lipinski definition) is 1. The quantitative estimate of drug-likeness (QED) is 0.232. The Bertz CT molecular complexity index is 1720. The van der Waals surface area contributed by atoms with Crippen LogP contribution in [0.1, 0.15) is 23.2 Å². The van der Waals surface area contributed by atoms with Crippen molar-refractivity contribution in [3.63, 3.8) is 0 Å². The van der Waals surface area contributed by atoms with Gasteiger partial charge >= 0.3 is 0 Å². The molecule has 1 amide bonds. The monoisotopic (exact) mass is 611 g/mol. The summed E-state index contributed by atoms with van der Waals surface area (Å²) >= 11 is 25.7. The van der Waals surface area contributed by atoms with E-state index in [1.807, 2.05) is 16.7 Å². The summed E-state index contributed by atoms with van der Waals surface area (Å²) in [5.74, 6) is 1.11. The van der Waals surface area contributed by atoms with Crippen LogP contribution in [0.25, 0.3) is 28.2 Å². The zero-order valence-electron chi connectivity index (χ0n) is 20.9. The Kier molecular flexibility index (Phi) is 7.51. The van der Waals surface area contributed by atoms with E-state index in [2.05, 4.69) is 25.2 Å². The van der Waals surface area contributed by atoms with E-state index in [1.165, 1.54) is 6.33 Å². The molecule has 0 bridgehead atoms. The summed E-state index contributed by atoms with van der Waals surface area (Å²) in [6, 6.07) is 14.0. The van der Waals surface area contributed by atoms with Crippen molar-refractivity contribution in [2.24, 2.45) is 0 Å². The lowest BCUT2D eigenvalue weighted by Crippen LogP contribution is -2.45. The second-order valence-electron chi connectivity index (χ2n) is 9.34. The number of hydrogen-bond acceptors (Lipinski definition) is 6. The van der Waals surface area contributed by atoms with Crippen LogP contribution in [0.15, 0.2) is 67.3 Å². The Morgan fingerprint density at radius 2 is 1.68 bits per heavy atom. The van der Waals surface area contributed by atoms with Crippen LogP contribution in [0.3, 0.4) is 0 Å². The lowest BCUT2D eigenvalue weighted by Gasteiger charge is -2.33. The fraction of sp³-hybridized carbons (Fsp3) is 0.179. The molecule has 0 radical (unpaired) electrons. The number of amides is 1. The largest absolute Gasteiger partial charge is 0.355 e. The molecule has 4 heterocycles. The third-order valence-corrected chi connectivity index (χ3v) is 7.89. The fourth-order valence-corrected chi connectivity index (χ4v) is 5.84. The van der Waals surface area contributed by atoms with Gasteiger partial charge in [-0.25, -0.2) is 15.0 Å². The number of fused-ring (bicyclic) bond motifs is 1. The Morgan fingerprint density at radius 3 is 2.38 bits per heavy atom. The van der Waals surface area contributed by atoms with Gasteiger partial charge in [0.2, 0.25) is 0 Å². The number of carbonyl (C=O) groups excluding carboxylic acids is 1. The van der Waals surface area contributed by atoms with Crippen LogP contribution >= 0.6 is 46.4 Å². The number of piperidine rings is 1. The maximum atomic E-state index is 12.6. The minimum absolute atomic E-state index is 0.0372. The van der Waals surface area contributed by atoms with Gasteiger partial charge in [0.1, 0.15) is 12.2 Å². The van der Waals surface area contributed by atoms with Gasteiger partial charge in [-0.15, -0.1) is 0 Å². The van der Waals surface area contributed by atoms with Crippen LogP contribution in [-0.4, -0.2) is 49.5 Å². The van der Waals surface area contributed by atoms with Gasteiger partial charge in [-0.2, -0.15) is 0 Å². The van der Waals surface area contributed by atoms with Gasteiger partial charge in [0.25, 0.3) is 5.91 Å². The molecule has 5 aromatic rings. The molecule has 1 N–H and O–H groups in total. The number of nitrogens with one attached hydrogen (secondary N) is 1. The van der Waals surface area contributed by atoms with E-state index in [-0.39, 0.29) is 11.9 Å².